The van der Waals surface area contributed by atoms with Gasteiger partial charge in [0.15, 0.2) is 0 Å². The van der Waals surface area contributed by atoms with Crippen LogP contribution in [0.2, 0.25) is 0 Å². The highest BCUT2D eigenvalue weighted by Crippen LogP contribution is 2.40. The average Bonchev–Trinajstić information content (AvgIpc) is 3.19. The molecule has 2 heterocycles. The van der Waals surface area contributed by atoms with E-state index in [0.29, 0.717) is 6.04 Å². The molecule has 1 aliphatic heterocycles. The number of hydrogen-bond donors (Lipinski definition) is 2. The number of carbonyl (C=O) groups excluding carboxylic acids is 1. The molecule has 20 heavy (non-hydrogen) atoms. The summed E-state index contributed by atoms with van der Waals surface area (Å²) in [7, 11) is 0. The van der Waals surface area contributed by atoms with Crippen molar-refractivity contribution in [2.45, 2.75) is 38.6 Å². The highest BCUT2D eigenvalue weighted by atomic mass is 35.5. The van der Waals surface area contributed by atoms with Crippen LogP contribution in [0.3, 0.4) is 0 Å². The van der Waals surface area contributed by atoms with E-state index >= 15 is 0 Å². The Hall–Kier alpha value is -1.07. The predicted octanol–water partition coefficient (Wildman–Crippen LogP) is 2.21. The lowest BCUT2D eigenvalue weighted by Gasteiger charge is -2.22. The van der Waals surface area contributed by atoms with Crippen molar-refractivity contribution in [3.63, 3.8) is 0 Å². The Morgan fingerprint density at radius 3 is 2.95 bits per heavy atom. The first-order valence-corrected chi connectivity index (χ1v) is 7.31. The minimum absolute atomic E-state index is 0. The van der Waals surface area contributed by atoms with Crippen molar-refractivity contribution in [1.82, 2.24) is 15.1 Å². The molecule has 112 valence electrons. The van der Waals surface area contributed by atoms with Gasteiger partial charge in [0.2, 0.25) is 5.91 Å². The molecule has 2 N–H and O–H groups in total. The molecule has 0 bridgehead atoms. The number of carbonyl (C=O) groups is 1. The van der Waals surface area contributed by atoms with Gasteiger partial charge in [0.25, 0.3) is 0 Å². The summed E-state index contributed by atoms with van der Waals surface area (Å²) in [5.41, 5.74) is 0. The molecular formula is C14H23ClN4O. The van der Waals surface area contributed by atoms with Crippen LogP contribution in [0.4, 0.5) is 5.82 Å². The highest BCUT2D eigenvalue weighted by Gasteiger charge is 2.31. The normalized spacial score (nSPS) is 23.8. The Morgan fingerprint density at radius 2 is 2.30 bits per heavy atom. The minimum atomic E-state index is 0. The molecule has 3 rings (SSSR count). The summed E-state index contributed by atoms with van der Waals surface area (Å²) in [6.45, 7) is 4.00. The molecule has 5 nitrogen and oxygen atoms in total. The van der Waals surface area contributed by atoms with E-state index < -0.39 is 0 Å². The highest BCUT2D eigenvalue weighted by molar-refractivity contribution is 5.92. The lowest BCUT2D eigenvalue weighted by Crippen LogP contribution is -2.37. The van der Waals surface area contributed by atoms with Gasteiger partial charge in [-0.05, 0) is 45.1 Å². The Balaban J connectivity index is 0.00000147. The maximum absolute atomic E-state index is 12.2. The third kappa shape index (κ3) is 3.33. The fourth-order valence-electron chi connectivity index (χ4n) is 2.82. The second kappa shape index (κ2) is 6.59. The van der Waals surface area contributed by atoms with Gasteiger partial charge in [-0.25, -0.2) is 4.68 Å². The van der Waals surface area contributed by atoms with Crippen molar-refractivity contribution < 1.29 is 4.79 Å². The summed E-state index contributed by atoms with van der Waals surface area (Å²) in [4.78, 5) is 12.2. The number of halogens is 1. The molecule has 2 unspecified atom stereocenters. The number of piperidine rings is 1. The first-order valence-electron chi connectivity index (χ1n) is 7.31. The van der Waals surface area contributed by atoms with Crippen molar-refractivity contribution in [3.05, 3.63) is 12.3 Å². The van der Waals surface area contributed by atoms with E-state index in [9.17, 15) is 4.79 Å². The number of aromatic nitrogens is 2. The number of nitrogens with one attached hydrogen (secondary N) is 2. The van der Waals surface area contributed by atoms with Crippen molar-refractivity contribution >= 4 is 24.1 Å². The first-order chi connectivity index (χ1) is 9.25. The number of anilines is 1. The van der Waals surface area contributed by atoms with Crippen molar-refractivity contribution in [2.24, 2.45) is 11.8 Å². The zero-order valence-corrected chi connectivity index (χ0v) is 12.7. The molecule has 1 saturated heterocycles. The SMILES string of the molecule is CC(C1CC1)n1nccc1NC(=O)C1CCCNC1.Cl. The second-order valence-electron chi connectivity index (χ2n) is 5.77. The van der Waals surface area contributed by atoms with Crippen molar-refractivity contribution in [2.75, 3.05) is 18.4 Å². The van der Waals surface area contributed by atoms with Crippen LogP contribution in [0.25, 0.3) is 0 Å². The van der Waals surface area contributed by atoms with Crippen LogP contribution in [0.15, 0.2) is 12.3 Å². The Morgan fingerprint density at radius 1 is 1.50 bits per heavy atom. The van der Waals surface area contributed by atoms with E-state index in [4.69, 9.17) is 0 Å². The molecule has 1 aromatic rings. The first kappa shape index (κ1) is 15.3. The van der Waals surface area contributed by atoms with Gasteiger partial charge in [-0.1, -0.05) is 0 Å². The van der Waals surface area contributed by atoms with Gasteiger partial charge in [-0.3, -0.25) is 4.79 Å². The van der Waals surface area contributed by atoms with Crippen LogP contribution >= 0.6 is 12.4 Å². The van der Waals surface area contributed by atoms with Gasteiger partial charge in [-0.2, -0.15) is 5.10 Å². The predicted molar refractivity (Wildman–Crippen MR) is 81.1 cm³/mol. The van der Waals surface area contributed by atoms with Crippen LogP contribution in [-0.4, -0.2) is 28.8 Å². The maximum atomic E-state index is 12.2. The lowest BCUT2D eigenvalue weighted by atomic mass is 9.99. The van der Waals surface area contributed by atoms with Crippen molar-refractivity contribution in [3.8, 4) is 0 Å². The van der Waals surface area contributed by atoms with Crippen LogP contribution in [0.5, 0.6) is 0 Å². The smallest absolute Gasteiger partial charge is 0.229 e. The Labute approximate surface area is 125 Å². The fourth-order valence-corrected chi connectivity index (χ4v) is 2.82. The van der Waals surface area contributed by atoms with Gasteiger partial charge in [-0.15, -0.1) is 12.4 Å². The van der Waals surface area contributed by atoms with Gasteiger partial charge in [0.05, 0.1) is 18.2 Å². The molecule has 0 aromatic carbocycles. The quantitative estimate of drug-likeness (QED) is 0.896. The molecule has 1 aliphatic carbocycles. The van der Waals surface area contributed by atoms with Crippen LogP contribution in [0, 0.1) is 11.8 Å². The number of nitrogens with zero attached hydrogens (tertiary/aromatic N) is 2. The summed E-state index contributed by atoms with van der Waals surface area (Å²) in [6, 6.07) is 2.28. The zero-order valence-electron chi connectivity index (χ0n) is 11.8. The molecule has 0 spiro atoms. The molecule has 0 radical (unpaired) electrons. The summed E-state index contributed by atoms with van der Waals surface area (Å²) in [5.74, 6) is 1.78. The van der Waals surface area contributed by atoms with Crippen LogP contribution in [-0.2, 0) is 4.79 Å². The number of amides is 1. The second-order valence-corrected chi connectivity index (χ2v) is 5.77. The maximum Gasteiger partial charge on any atom is 0.229 e. The van der Waals surface area contributed by atoms with Gasteiger partial charge in [0, 0.05) is 12.6 Å². The topological polar surface area (TPSA) is 59.0 Å². The monoisotopic (exact) mass is 298 g/mol. The standard InChI is InChI=1S/C14H22N4O.ClH/c1-10(11-4-5-11)18-13(6-8-16-18)17-14(19)12-3-2-7-15-9-12;/h6,8,10-12,15H,2-5,7,9H2,1H3,(H,17,19);1H. The molecule has 2 atom stereocenters. The summed E-state index contributed by atoms with van der Waals surface area (Å²) < 4.78 is 1.96. The molecule has 6 heteroatoms. The molecular weight excluding hydrogens is 276 g/mol. The van der Waals surface area contributed by atoms with E-state index in [0.717, 1.165) is 37.7 Å². The van der Waals surface area contributed by atoms with E-state index in [2.05, 4.69) is 22.7 Å². The van der Waals surface area contributed by atoms with Gasteiger partial charge in [0.1, 0.15) is 5.82 Å². The zero-order chi connectivity index (χ0) is 13.2. The molecule has 2 fully saturated rings. The summed E-state index contributed by atoms with van der Waals surface area (Å²) in [5, 5.41) is 10.7. The lowest BCUT2D eigenvalue weighted by molar-refractivity contribution is -0.120. The molecule has 1 aromatic heterocycles. The number of rotatable bonds is 4. The molecule has 1 saturated carbocycles. The van der Waals surface area contributed by atoms with Gasteiger partial charge < -0.3 is 10.6 Å². The molecule has 2 aliphatic rings. The van der Waals surface area contributed by atoms with E-state index in [1.807, 2.05) is 10.7 Å². The van der Waals surface area contributed by atoms with E-state index in [1.165, 1.54) is 12.8 Å². The van der Waals surface area contributed by atoms with Crippen LogP contribution < -0.4 is 10.6 Å². The Bertz CT molecular complexity index is 452. The average molecular weight is 299 g/mol. The third-order valence-electron chi connectivity index (χ3n) is 4.28. The Kier molecular flexibility index (Phi) is 5.05. The summed E-state index contributed by atoms with van der Waals surface area (Å²) in [6.07, 6.45) is 6.39. The van der Waals surface area contributed by atoms with Crippen molar-refractivity contribution in [1.29, 1.82) is 0 Å². The summed E-state index contributed by atoms with van der Waals surface area (Å²) >= 11 is 0. The minimum Gasteiger partial charge on any atom is -0.316 e. The molecule has 1 amide bonds. The van der Waals surface area contributed by atoms with E-state index in [-0.39, 0.29) is 24.2 Å². The van der Waals surface area contributed by atoms with Crippen LogP contribution in [0.1, 0.15) is 38.6 Å². The fraction of sp³-hybridized carbons (Fsp3) is 0.714. The van der Waals surface area contributed by atoms with E-state index in [1.54, 1.807) is 6.20 Å². The van der Waals surface area contributed by atoms with Gasteiger partial charge >= 0.3 is 0 Å². The largest absolute Gasteiger partial charge is 0.316 e. The third-order valence-corrected chi connectivity index (χ3v) is 4.28. The number of hydrogen-bond acceptors (Lipinski definition) is 3.